The third-order valence-corrected chi connectivity index (χ3v) is 5.37. The monoisotopic (exact) mass is 331 g/mol. The zero-order valence-corrected chi connectivity index (χ0v) is 15.6. The molecule has 1 aromatic rings. The summed E-state index contributed by atoms with van der Waals surface area (Å²) < 4.78 is 0. The van der Waals surface area contributed by atoms with Crippen molar-refractivity contribution in [2.45, 2.75) is 58.5 Å². The fourth-order valence-electron chi connectivity index (χ4n) is 3.40. The van der Waals surface area contributed by atoms with Gasteiger partial charge in [-0.1, -0.05) is 43.2 Å². The molecule has 2 rings (SSSR count). The molecular formula is C20H33N3O. The topological polar surface area (TPSA) is 58.4 Å². The predicted molar refractivity (Wildman–Crippen MR) is 99.8 cm³/mol. The second-order valence-electron chi connectivity index (χ2n) is 7.78. The van der Waals surface area contributed by atoms with Crippen molar-refractivity contribution in [3.8, 4) is 0 Å². The van der Waals surface area contributed by atoms with E-state index in [0.717, 1.165) is 24.6 Å². The molecular weight excluding hydrogens is 298 g/mol. The van der Waals surface area contributed by atoms with Gasteiger partial charge < -0.3 is 11.1 Å². The molecule has 0 aliphatic carbocycles. The summed E-state index contributed by atoms with van der Waals surface area (Å²) in [6.07, 6.45) is 3.81. The maximum absolute atomic E-state index is 12.4. The van der Waals surface area contributed by atoms with Gasteiger partial charge in [-0.2, -0.15) is 0 Å². The molecule has 4 nitrogen and oxygen atoms in total. The first-order valence-electron chi connectivity index (χ1n) is 9.18. The molecule has 0 aromatic heterocycles. The molecule has 1 heterocycles. The minimum atomic E-state index is -0.605. The number of nitrogens with one attached hydrogen (secondary N) is 1. The second-order valence-corrected chi connectivity index (χ2v) is 7.78. The fraction of sp³-hybridized carbons (Fsp3) is 0.650. The molecule has 1 aromatic carbocycles. The third-order valence-electron chi connectivity index (χ3n) is 5.37. The molecule has 2 atom stereocenters. The Kier molecular flexibility index (Phi) is 6.41. The Morgan fingerprint density at radius 3 is 2.67 bits per heavy atom. The van der Waals surface area contributed by atoms with Crippen molar-refractivity contribution in [1.29, 1.82) is 0 Å². The van der Waals surface area contributed by atoms with Gasteiger partial charge in [0.15, 0.2) is 0 Å². The van der Waals surface area contributed by atoms with Gasteiger partial charge in [0, 0.05) is 18.6 Å². The van der Waals surface area contributed by atoms with E-state index in [4.69, 9.17) is 5.73 Å². The van der Waals surface area contributed by atoms with Gasteiger partial charge in [-0.05, 0) is 51.6 Å². The molecule has 1 saturated heterocycles. The van der Waals surface area contributed by atoms with Crippen molar-refractivity contribution >= 4 is 5.91 Å². The van der Waals surface area contributed by atoms with Crippen LogP contribution in [0.1, 0.15) is 57.2 Å². The van der Waals surface area contributed by atoms with E-state index in [-0.39, 0.29) is 11.4 Å². The molecule has 0 radical (unpaired) electrons. The molecule has 1 fully saturated rings. The van der Waals surface area contributed by atoms with Crippen LogP contribution in [-0.2, 0) is 4.79 Å². The Labute approximate surface area is 146 Å². The molecule has 3 N–H and O–H groups in total. The van der Waals surface area contributed by atoms with E-state index >= 15 is 0 Å². The SMILES string of the molecule is CCC1CCCN(C(C)(C)CNC(=O)C(N)c2ccc(C)cc2)C1. The highest BCUT2D eigenvalue weighted by atomic mass is 16.2. The van der Waals surface area contributed by atoms with Crippen LogP contribution in [0.2, 0.25) is 0 Å². The van der Waals surface area contributed by atoms with Crippen LogP contribution in [0.15, 0.2) is 24.3 Å². The van der Waals surface area contributed by atoms with Gasteiger partial charge in [0.2, 0.25) is 5.91 Å². The molecule has 2 unspecified atom stereocenters. The Morgan fingerprint density at radius 1 is 1.38 bits per heavy atom. The average molecular weight is 332 g/mol. The second kappa shape index (κ2) is 8.13. The number of nitrogens with two attached hydrogens (primary N) is 1. The lowest BCUT2D eigenvalue weighted by Crippen LogP contribution is -2.55. The number of hydrogen-bond acceptors (Lipinski definition) is 3. The van der Waals surface area contributed by atoms with E-state index < -0.39 is 6.04 Å². The number of aryl methyl sites for hydroxylation is 1. The smallest absolute Gasteiger partial charge is 0.241 e. The average Bonchev–Trinajstić information content (AvgIpc) is 2.60. The fourth-order valence-corrected chi connectivity index (χ4v) is 3.40. The summed E-state index contributed by atoms with van der Waals surface area (Å²) in [5.74, 6) is 0.680. The molecule has 134 valence electrons. The zero-order chi connectivity index (χ0) is 17.7. The van der Waals surface area contributed by atoms with Crippen LogP contribution in [-0.4, -0.2) is 36.0 Å². The number of rotatable bonds is 6. The van der Waals surface area contributed by atoms with Crippen molar-refractivity contribution in [3.63, 3.8) is 0 Å². The van der Waals surface area contributed by atoms with Crippen molar-refractivity contribution in [2.75, 3.05) is 19.6 Å². The third kappa shape index (κ3) is 4.81. The Morgan fingerprint density at radius 2 is 2.04 bits per heavy atom. The van der Waals surface area contributed by atoms with Crippen molar-refractivity contribution < 1.29 is 4.79 Å². The molecule has 1 aliphatic heterocycles. The number of likely N-dealkylation sites (tertiary alicyclic amines) is 1. The highest BCUT2D eigenvalue weighted by Crippen LogP contribution is 2.25. The molecule has 1 amide bonds. The molecule has 24 heavy (non-hydrogen) atoms. The molecule has 1 aliphatic rings. The van der Waals surface area contributed by atoms with Gasteiger partial charge in [0.1, 0.15) is 6.04 Å². The normalized spacial score (nSPS) is 20.6. The van der Waals surface area contributed by atoms with E-state index in [1.54, 1.807) is 0 Å². The Balaban J connectivity index is 1.90. The maximum Gasteiger partial charge on any atom is 0.241 e. The Hall–Kier alpha value is -1.39. The van der Waals surface area contributed by atoms with E-state index in [2.05, 4.69) is 31.0 Å². The molecule has 0 spiro atoms. The molecule has 4 heteroatoms. The van der Waals surface area contributed by atoms with Gasteiger partial charge in [0.25, 0.3) is 0 Å². The quantitative estimate of drug-likeness (QED) is 0.842. The van der Waals surface area contributed by atoms with Crippen LogP contribution in [0, 0.1) is 12.8 Å². The van der Waals surface area contributed by atoms with Crippen molar-refractivity contribution in [2.24, 2.45) is 11.7 Å². The lowest BCUT2D eigenvalue weighted by molar-refractivity contribution is -0.123. The van der Waals surface area contributed by atoms with Crippen LogP contribution in [0.25, 0.3) is 0 Å². The van der Waals surface area contributed by atoms with E-state index in [1.165, 1.54) is 24.8 Å². The summed E-state index contributed by atoms with van der Waals surface area (Å²) >= 11 is 0. The van der Waals surface area contributed by atoms with Gasteiger partial charge in [-0.15, -0.1) is 0 Å². The summed E-state index contributed by atoms with van der Waals surface area (Å²) in [7, 11) is 0. The van der Waals surface area contributed by atoms with Crippen LogP contribution >= 0.6 is 0 Å². The first-order chi connectivity index (χ1) is 11.3. The van der Waals surface area contributed by atoms with Crippen LogP contribution in [0.5, 0.6) is 0 Å². The number of carbonyl (C=O) groups excluding carboxylic acids is 1. The largest absolute Gasteiger partial charge is 0.353 e. The van der Waals surface area contributed by atoms with Gasteiger partial charge in [-0.3, -0.25) is 9.69 Å². The maximum atomic E-state index is 12.4. The number of carbonyl (C=O) groups is 1. The number of nitrogens with zero attached hydrogens (tertiary/aromatic N) is 1. The molecule has 0 saturated carbocycles. The number of hydrogen-bond donors (Lipinski definition) is 2. The first kappa shape index (κ1) is 18.9. The lowest BCUT2D eigenvalue weighted by Gasteiger charge is -2.43. The predicted octanol–water partition coefficient (Wildman–Crippen LogP) is 3.01. The van der Waals surface area contributed by atoms with Crippen molar-refractivity contribution in [3.05, 3.63) is 35.4 Å². The van der Waals surface area contributed by atoms with E-state index in [9.17, 15) is 4.79 Å². The standard InChI is InChI=1S/C20H33N3O/c1-5-16-7-6-12-23(13-16)20(3,4)14-22-19(24)18(21)17-10-8-15(2)9-11-17/h8-11,16,18H,5-7,12-14,21H2,1-4H3,(H,22,24). The minimum absolute atomic E-state index is 0.0451. The highest BCUT2D eigenvalue weighted by molar-refractivity contribution is 5.83. The van der Waals surface area contributed by atoms with Gasteiger partial charge in [0.05, 0.1) is 0 Å². The van der Waals surface area contributed by atoms with E-state index in [1.807, 2.05) is 31.2 Å². The highest BCUT2D eigenvalue weighted by Gasteiger charge is 2.31. The summed E-state index contributed by atoms with van der Waals surface area (Å²) in [5.41, 5.74) is 8.10. The summed E-state index contributed by atoms with van der Waals surface area (Å²) in [5, 5.41) is 3.06. The van der Waals surface area contributed by atoms with Crippen LogP contribution in [0.3, 0.4) is 0 Å². The van der Waals surface area contributed by atoms with Crippen molar-refractivity contribution in [1.82, 2.24) is 10.2 Å². The Bertz CT molecular complexity index is 538. The number of benzene rings is 1. The zero-order valence-electron chi connectivity index (χ0n) is 15.6. The lowest BCUT2D eigenvalue weighted by atomic mass is 9.91. The summed E-state index contributed by atoms with van der Waals surface area (Å²) in [6.45, 7) is 11.6. The minimum Gasteiger partial charge on any atom is -0.353 e. The van der Waals surface area contributed by atoms with Crippen LogP contribution in [0.4, 0.5) is 0 Å². The number of amides is 1. The molecule has 0 bridgehead atoms. The van der Waals surface area contributed by atoms with Gasteiger partial charge >= 0.3 is 0 Å². The van der Waals surface area contributed by atoms with Crippen LogP contribution < -0.4 is 11.1 Å². The summed E-state index contributed by atoms with van der Waals surface area (Å²) in [6, 6.07) is 7.24. The van der Waals surface area contributed by atoms with E-state index in [0.29, 0.717) is 6.54 Å². The number of piperidine rings is 1. The summed E-state index contributed by atoms with van der Waals surface area (Å²) in [4.78, 5) is 14.9. The van der Waals surface area contributed by atoms with Gasteiger partial charge in [-0.25, -0.2) is 0 Å². The first-order valence-corrected chi connectivity index (χ1v) is 9.18.